The summed E-state index contributed by atoms with van der Waals surface area (Å²) in [5.74, 6) is -0.217. The van der Waals surface area contributed by atoms with Crippen molar-refractivity contribution in [3.05, 3.63) is 70.3 Å². The Morgan fingerprint density at radius 3 is 2.69 bits per heavy atom. The molecule has 5 nitrogen and oxygen atoms in total. The molecule has 0 saturated heterocycles. The van der Waals surface area contributed by atoms with Gasteiger partial charge in [-0.1, -0.05) is 41.9 Å². The number of fused-ring (bicyclic) bond motifs is 1. The van der Waals surface area contributed by atoms with E-state index in [1.807, 2.05) is 43.3 Å². The number of esters is 1. The lowest BCUT2D eigenvalue weighted by molar-refractivity contribution is -0.145. The van der Waals surface area contributed by atoms with Crippen LogP contribution in [0.2, 0.25) is 5.02 Å². The number of halogens is 1. The predicted molar refractivity (Wildman–Crippen MR) is 98.9 cm³/mol. The van der Waals surface area contributed by atoms with E-state index in [1.165, 1.54) is 0 Å². The Balaban J connectivity index is 1.52. The van der Waals surface area contributed by atoms with Crippen LogP contribution in [0.25, 0.3) is 6.08 Å². The Hall–Kier alpha value is -2.79. The number of hydrogen-bond donors (Lipinski definition) is 1. The van der Waals surface area contributed by atoms with Crippen molar-refractivity contribution < 1.29 is 19.1 Å². The lowest BCUT2D eigenvalue weighted by atomic mass is 10.1. The number of carbonyl (C=O) groups excluding carboxylic acids is 2. The number of nitrogens with one attached hydrogen (secondary N) is 1. The number of ether oxygens (including phenoxy) is 2. The van der Waals surface area contributed by atoms with Crippen LogP contribution >= 0.6 is 11.6 Å². The zero-order valence-corrected chi connectivity index (χ0v) is 15.0. The molecule has 0 aromatic heterocycles. The Morgan fingerprint density at radius 2 is 1.92 bits per heavy atom. The molecule has 1 N–H and O–H groups in total. The summed E-state index contributed by atoms with van der Waals surface area (Å²) < 4.78 is 10.6. The number of para-hydroxylation sites is 1. The van der Waals surface area contributed by atoms with Gasteiger partial charge in [0, 0.05) is 10.6 Å². The third-order valence-corrected chi connectivity index (χ3v) is 4.23. The van der Waals surface area contributed by atoms with Gasteiger partial charge >= 0.3 is 5.97 Å². The molecular weight excluding hydrogens is 354 g/mol. The fraction of sp³-hybridized carbons (Fsp3) is 0.200. The van der Waals surface area contributed by atoms with Crippen molar-refractivity contribution in [3.8, 4) is 5.75 Å². The highest BCUT2D eigenvalue weighted by molar-refractivity contribution is 6.30. The molecule has 2 aromatic rings. The molecule has 3 rings (SSSR count). The minimum absolute atomic E-state index is 0.124. The van der Waals surface area contributed by atoms with Crippen LogP contribution in [0.1, 0.15) is 24.1 Å². The van der Waals surface area contributed by atoms with Crippen molar-refractivity contribution in [1.82, 2.24) is 5.32 Å². The number of carbonyl (C=O) groups is 2. The zero-order chi connectivity index (χ0) is 18.5. The lowest BCUT2D eigenvalue weighted by Gasteiger charge is -2.17. The van der Waals surface area contributed by atoms with Crippen LogP contribution in [0.5, 0.6) is 5.75 Å². The van der Waals surface area contributed by atoms with Gasteiger partial charge in [0.2, 0.25) is 0 Å². The molecule has 1 amide bonds. The van der Waals surface area contributed by atoms with E-state index in [0.29, 0.717) is 10.6 Å². The van der Waals surface area contributed by atoms with E-state index < -0.39 is 5.97 Å². The van der Waals surface area contributed by atoms with E-state index in [-0.39, 0.29) is 25.2 Å². The van der Waals surface area contributed by atoms with Gasteiger partial charge in [0.15, 0.2) is 6.61 Å². The SMILES string of the molecule is C[C@@H](NC(=O)COC(=O)C1=Cc2ccccc2OC1)c1ccc(Cl)cc1. The monoisotopic (exact) mass is 371 g/mol. The minimum Gasteiger partial charge on any atom is -0.488 e. The van der Waals surface area contributed by atoms with Crippen LogP contribution in [0.3, 0.4) is 0 Å². The quantitative estimate of drug-likeness (QED) is 0.816. The Kier molecular flexibility index (Phi) is 5.58. The lowest BCUT2D eigenvalue weighted by Crippen LogP contribution is -2.31. The fourth-order valence-corrected chi connectivity index (χ4v) is 2.70. The van der Waals surface area contributed by atoms with E-state index >= 15 is 0 Å². The Labute approximate surface area is 156 Å². The van der Waals surface area contributed by atoms with Crippen LogP contribution in [-0.2, 0) is 14.3 Å². The fourth-order valence-electron chi connectivity index (χ4n) is 2.58. The van der Waals surface area contributed by atoms with E-state index in [1.54, 1.807) is 18.2 Å². The van der Waals surface area contributed by atoms with Gasteiger partial charge in [-0.2, -0.15) is 0 Å². The average molecular weight is 372 g/mol. The highest BCUT2D eigenvalue weighted by Crippen LogP contribution is 2.26. The molecule has 0 unspecified atom stereocenters. The maximum absolute atomic E-state index is 12.1. The molecule has 0 radical (unpaired) electrons. The topological polar surface area (TPSA) is 64.6 Å². The van der Waals surface area contributed by atoms with E-state index in [9.17, 15) is 9.59 Å². The normalized spacial score (nSPS) is 13.7. The van der Waals surface area contributed by atoms with Gasteiger partial charge in [0.25, 0.3) is 5.91 Å². The first kappa shape index (κ1) is 18.0. The number of benzene rings is 2. The van der Waals surface area contributed by atoms with Crippen molar-refractivity contribution >= 4 is 29.6 Å². The van der Waals surface area contributed by atoms with E-state index in [0.717, 1.165) is 16.9 Å². The third-order valence-electron chi connectivity index (χ3n) is 3.98. The van der Waals surface area contributed by atoms with Gasteiger partial charge in [0.1, 0.15) is 12.4 Å². The third kappa shape index (κ3) is 4.43. The molecule has 1 aliphatic rings. The van der Waals surface area contributed by atoms with Crippen LogP contribution in [0, 0.1) is 0 Å². The number of rotatable bonds is 5. The second-order valence-electron chi connectivity index (χ2n) is 5.91. The molecule has 0 fully saturated rings. The highest BCUT2D eigenvalue weighted by atomic mass is 35.5. The van der Waals surface area contributed by atoms with Crippen LogP contribution < -0.4 is 10.1 Å². The van der Waals surface area contributed by atoms with Crippen molar-refractivity contribution in [2.45, 2.75) is 13.0 Å². The summed E-state index contributed by atoms with van der Waals surface area (Å²) in [6.45, 7) is 1.62. The van der Waals surface area contributed by atoms with Gasteiger partial charge < -0.3 is 14.8 Å². The Morgan fingerprint density at radius 1 is 1.19 bits per heavy atom. The summed E-state index contributed by atoms with van der Waals surface area (Å²) in [5.41, 5.74) is 2.10. The molecule has 26 heavy (non-hydrogen) atoms. The first-order chi connectivity index (χ1) is 12.5. The van der Waals surface area contributed by atoms with Gasteiger partial charge in [-0.05, 0) is 36.8 Å². The second kappa shape index (κ2) is 8.06. The zero-order valence-electron chi connectivity index (χ0n) is 14.2. The summed E-state index contributed by atoms with van der Waals surface area (Å²) >= 11 is 5.85. The molecule has 0 aliphatic carbocycles. The number of hydrogen-bond acceptors (Lipinski definition) is 4. The molecule has 0 bridgehead atoms. The van der Waals surface area contributed by atoms with Gasteiger partial charge in [-0.15, -0.1) is 0 Å². The standard InChI is InChI=1S/C20H18ClNO4/c1-13(14-6-8-17(21)9-7-14)22-19(23)12-26-20(24)16-10-15-4-2-3-5-18(15)25-11-16/h2-10,13H,11-12H2,1H3,(H,22,23)/t13-/m1/s1. The molecule has 1 aliphatic heterocycles. The van der Waals surface area contributed by atoms with Crippen LogP contribution in [-0.4, -0.2) is 25.1 Å². The summed E-state index contributed by atoms with van der Waals surface area (Å²) in [5, 5.41) is 3.41. The molecule has 6 heteroatoms. The molecular formula is C20H18ClNO4. The maximum atomic E-state index is 12.1. The maximum Gasteiger partial charge on any atom is 0.338 e. The molecule has 134 valence electrons. The van der Waals surface area contributed by atoms with Crippen molar-refractivity contribution in [2.24, 2.45) is 0 Å². The van der Waals surface area contributed by atoms with Gasteiger partial charge in [0.05, 0.1) is 11.6 Å². The van der Waals surface area contributed by atoms with Crippen LogP contribution in [0.15, 0.2) is 54.1 Å². The minimum atomic E-state index is -0.561. The molecule has 0 spiro atoms. The van der Waals surface area contributed by atoms with E-state index in [2.05, 4.69) is 5.32 Å². The average Bonchev–Trinajstić information content (AvgIpc) is 2.66. The molecule has 1 heterocycles. The largest absolute Gasteiger partial charge is 0.488 e. The highest BCUT2D eigenvalue weighted by Gasteiger charge is 2.19. The first-order valence-electron chi connectivity index (χ1n) is 8.17. The van der Waals surface area contributed by atoms with Gasteiger partial charge in [-0.3, -0.25) is 4.79 Å². The summed E-state index contributed by atoms with van der Waals surface area (Å²) in [6, 6.07) is 14.4. The van der Waals surface area contributed by atoms with E-state index in [4.69, 9.17) is 21.1 Å². The second-order valence-corrected chi connectivity index (χ2v) is 6.35. The number of amides is 1. The molecule has 0 saturated carbocycles. The van der Waals surface area contributed by atoms with Crippen LogP contribution in [0.4, 0.5) is 0 Å². The smallest absolute Gasteiger partial charge is 0.338 e. The van der Waals surface area contributed by atoms with Crippen molar-refractivity contribution in [2.75, 3.05) is 13.2 Å². The summed E-state index contributed by atoms with van der Waals surface area (Å²) in [7, 11) is 0. The van der Waals surface area contributed by atoms with Crippen molar-refractivity contribution in [1.29, 1.82) is 0 Å². The molecule has 2 aromatic carbocycles. The van der Waals surface area contributed by atoms with Gasteiger partial charge in [-0.25, -0.2) is 4.79 Å². The molecule has 1 atom stereocenters. The first-order valence-corrected chi connectivity index (χ1v) is 8.55. The predicted octanol–water partition coefficient (Wildman–Crippen LogP) is 3.54. The van der Waals surface area contributed by atoms with Crippen molar-refractivity contribution in [3.63, 3.8) is 0 Å². The summed E-state index contributed by atoms with van der Waals surface area (Å²) in [6.07, 6.45) is 1.72. The Bertz CT molecular complexity index is 845. The summed E-state index contributed by atoms with van der Waals surface area (Å²) in [4.78, 5) is 24.2.